The van der Waals surface area contributed by atoms with Crippen LogP contribution in [0.25, 0.3) is 11.4 Å². The molecule has 118 valence electrons. The maximum Gasteiger partial charge on any atom is 0.573 e. The van der Waals surface area contributed by atoms with Crippen molar-refractivity contribution in [2.45, 2.75) is 12.8 Å². The van der Waals surface area contributed by atoms with Crippen LogP contribution in [0.1, 0.15) is 5.69 Å². The number of aromatic nitrogens is 2. The zero-order valence-corrected chi connectivity index (χ0v) is 12.8. The molecule has 2 rings (SSSR count). The van der Waals surface area contributed by atoms with Gasteiger partial charge >= 0.3 is 12.3 Å². The molecule has 2 aromatic rings. The highest BCUT2D eigenvalue weighted by atomic mass is 79.9. The fourth-order valence-electron chi connectivity index (χ4n) is 1.92. The van der Waals surface area contributed by atoms with E-state index in [1.807, 2.05) is 0 Å². The van der Waals surface area contributed by atoms with E-state index in [0.29, 0.717) is 21.7 Å². The van der Waals surface area contributed by atoms with Gasteiger partial charge in [-0.05, 0) is 28.1 Å². The van der Waals surface area contributed by atoms with Gasteiger partial charge in [-0.3, -0.25) is 4.79 Å². The summed E-state index contributed by atoms with van der Waals surface area (Å²) in [4.78, 5) is 15.0. The standard InChI is InChI=1S/C13H10BrF3N2O3/c1-19-9(6-10(20)21)11(14)18-12(19)7-3-2-4-8(5-7)22-13(15,16)17/h2-5H,6H2,1H3,(H,20,21). The molecule has 9 heteroatoms. The van der Waals surface area contributed by atoms with Crippen LogP contribution in [0.3, 0.4) is 0 Å². The molecule has 1 aromatic heterocycles. The molecule has 0 unspecified atom stereocenters. The third kappa shape index (κ3) is 3.79. The molecule has 22 heavy (non-hydrogen) atoms. The Kier molecular flexibility index (Phi) is 4.45. The minimum atomic E-state index is -4.78. The van der Waals surface area contributed by atoms with E-state index < -0.39 is 12.3 Å². The molecule has 0 saturated carbocycles. The summed E-state index contributed by atoms with van der Waals surface area (Å²) in [5.74, 6) is -1.08. The SMILES string of the molecule is Cn1c(-c2cccc(OC(F)(F)F)c2)nc(Br)c1CC(=O)O. The van der Waals surface area contributed by atoms with Gasteiger partial charge < -0.3 is 14.4 Å². The maximum atomic E-state index is 12.3. The Morgan fingerprint density at radius 1 is 1.45 bits per heavy atom. The Labute approximate surface area is 131 Å². The number of rotatable bonds is 4. The van der Waals surface area contributed by atoms with E-state index in [9.17, 15) is 18.0 Å². The Balaban J connectivity index is 2.40. The van der Waals surface area contributed by atoms with Crippen molar-refractivity contribution in [1.82, 2.24) is 9.55 Å². The van der Waals surface area contributed by atoms with Gasteiger partial charge in [-0.1, -0.05) is 12.1 Å². The first kappa shape index (κ1) is 16.3. The number of carboxylic acid groups (broad SMARTS) is 1. The molecule has 0 saturated heterocycles. The summed E-state index contributed by atoms with van der Waals surface area (Å²) in [6.45, 7) is 0. The lowest BCUT2D eigenvalue weighted by atomic mass is 10.2. The smallest absolute Gasteiger partial charge is 0.481 e. The molecule has 5 nitrogen and oxygen atoms in total. The second-order valence-electron chi connectivity index (χ2n) is 4.38. The van der Waals surface area contributed by atoms with Crippen molar-refractivity contribution in [3.63, 3.8) is 0 Å². The summed E-state index contributed by atoms with van der Waals surface area (Å²) in [7, 11) is 1.59. The van der Waals surface area contributed by atoms with Gasteiger partial charge in [0.2, 0.25) is 0 Å². The molecule has 0 radical (unpaired) electrons. The van der Waals surface area contributed by atoms with E-state index in [1.54, 1.807) is 13.1 Å². The summed E-state index contributed by atoms with van der Waals surface area (Å²) >= 11 is 3.15. The molecule has 0 atom stereocenters. The van der Waals surface area contributed by atoms with Crippen LogP contribution in [0.15, 0.2) is 28.9 Å². The number of hydrogen-bond acceptors (Lipinski definition) is 3. The van der Waals surface area contributed by atoms with Gasteiger partial charge in [-0.15, -0.1) is 13.2 Å². The van der Waals surface area contributed by atoms with Crippen molar-refractivity contribution in [3.8, 4) is 17.1 Å². The normalized spacial score (nSPS) is 11.5. The van der Waals surface area contributed by atoms with Crippen LogP contribution in [-0.2, 0) is 18.3 Å². The van der Waals surface area contributed by atoms with Gasteiger partial charge in [0.05, 0.1) is 12.1 Å². The Morgan fingerprint density at radius 3 is 2.73 bits per heavy atom. The summed E-state index contributed by atoms with van der Waals surface area (Å²) < 4.78 is 42.4. The van der Waals surface area contributed by atoms with E-state index in [-0.39, 0.29) is 12.2 Å². The van der Waals surface area contributed by atoms with Crippen molar-refractivity contribution in [3.05, 3.63) is 34.6 Å². The Bertz CT molecular complexity index is 713. The number of benzene rings is 1. The average Bonchev–Trinajstić information content (AvgIpc) is 2.65. The van der Waals surface area contributed by atoms with E-state index in [2.05, 4.69) is 25.7 Å². The molecule has 0 aliphatic heterocycles. The number of nitrogens with zero attached hydrogens (tertiary/aromatic N) is 2. The fourth-order valence-corrected chi connectivity index (χ4v) is 2.50. The quantitative estimate of drug-likeness (QED) is 0.885. The number of aliphatic carboxylic acids is 1. The average molecular weight is 379 g/mol. The van der Waals surface area contributed by atoms with Crippen LogP contribution < -0.4 is 4.74 Å². The van der Waals surface area contributed by atoms with Gasteiger partial charge in [0.15, 0.2) is 0 Å². The lowest BCUT2D eigenvalue weighted by Gasteiger charge is -2.10. The van der Waals surface area contributed by atoms with Crippen LogP contribution in [-0.4, -0.2) is 27.0 Å². The fraction of sp³-hybridized carbons (Fsp3) is 0.231. The zero-order valence-electron chi connectivity index (χ0n) is 11.2. The summed E-state index contributed by atoms with van der Waals surface area (Å²) in [6.07, 6.45) is -5.04. The lowest BCUT2D eigenvalue weighted by Crippen LogP contribution is -2.17. The number of hydrogen-bond donors (Lipinski definition) is 1. The Hall–Kier alpha value is -2.03. The number of imidazole rings is 1. The predicted molar refractivity (Wildman–Crippen MR) is 74.4 cm³/mol. The summed E-state index contributed by atoms with van der Waals surface area (Å²) in [6, 6.07) is 5.32. The highest BCUT2D eigenvalue weighted by Crippen LogP contribution is 2.29. The number of ether oxygens (including phenoxy) is 1. The van der Waals surface area contributed by atoms with Crippen LogP contribution in [0.2, 0.25) is 0 Å². The first-order chi connectivity index (χ1) is 10.2. The topological polar surface area (TPSA) is 64.4 Å². The molecule has 0 fully saturated rings. The summed E-state index contributed by atoms with van der Waals surface area (Å²) in [5.41, 5.74) is 0.784. The first-order valence-corrected chi connectivity index (χ1v) is 6.76. The van der Waals surface area contributed by atoms with Gasteiger partial charge in [0, 0.05) is 12.6 Å². The molecule has 0 aliphatic carbocycles. The zero-order chi connectivity index (χ0) is 16.5. The van der Waals surface area contributed by atoms with Gasteiger partial charge in [-0.2, -0.15) is 0 Å². The van der Waals surface area contributed by atoms with Crippen LogP contribution in [0.4, 0.5) is 13.2 Å². The number of alkyl halides is 3. The number of halogens is 4. The van der Waals surface area contributed by atoms with Crippen molar-refractivity contribution in [2.24, 2.45) is 7.05 Å². The second kappa shape index (κ2) is 5.99. The molecular weight excluding hydrogens is 369 g/mol. The van der Waals surface area contributed by atoms with Crippen LogP contribution >= 0.6 is 15.9 Å². The van der Waals surface area contributed by atoms with Gasteiger partial charge in [-0.25, -0.2) is 4.98 Å². The monoisotopic (exact) mass is 378 g/mol. The third-order valence-corrected chi connectivity index (χ3v) is 3.44. The molecule has 1 N–H and O–H groups in total. The minimum Gasteiger partial charge on any atom is -0.481 e. The van der Waals surface area contributed by atoms with Crippen molar-refractivity contribution >= 4 is 21.9 Å². The highest BCUT2D eigenvalue weighted by molar-refractivity contribution is 9.10. The minimum absolute atomic E-state index is 0.261. The molecule has 1 heterocycles. The van der Waals surface area contributed by atoms with Crippen LogP contribution in [0, 0.1) is 0 Å². The van der Waals surface area contributed by atoms with Gasteiger partial charge in [0.1, 0.15) is 16.2 Å². The Morgan fingerprint density at radius 2 is 2.14 bits per heavy atom. The summed E-state index contributed by atoms with van der Waals surface area (Å²) in [5, 5.41) is 8.86. The number of carboxylic acids is 1. The molecule has 0 spiro atoms. The van der Waals surface area contributed by atoms with Crippen molar-refractivity contribution < 1.29 is 27.8 Å². The van der Waals surface area contributed by atoms with Crippen molar-refractivity contribution in [1.29, 1.82) is 0 Å². The van der Waals surface area contributed by atoms with Crippen LogP contribution in [0.5, 0.6) is 5.75 Å². The number of carbonyl (C=O) groups is 1. The largest absolute Gasteiger partial charge is 0.573 e. The van der Waals surface area contributed by atoms with Crippen molar-refractivity contribution in [2.75, 3.05) is 0 Å². The molecule has 1 aromatic carbocycles. The predicted octanol–water partition coefficient (Wildman–Crippen LogP) is 3.38. The van der Waals surface area contributed by atoms with E-state index >= 15 is 0 Å². The lowest BCUT2D eigenvalue weighted by molar-refractivity contribution is -0.274. The third-order valence-electron chi connectivity index (χ3n) is 2.81. The van der Waals surface area contributed by atoms with E-state index in [4.69, 9.17) is 5.11 Å². The van der Waals surface area contributed by atoms with E-state index in [1.165, 1.54) is 22.8 Å². The molecular formula is C13H10BrF3N2O3. The molecule has 0 amide bonds. The van der Waals surface area contributed by atoms with Gasteiger partial charge in [0.25, 0.3) is 0 Å². The first-order valence-electron chi connectivity index (χ1n) is 5.96. The second-order valence-corrected chi connectivity index (χ2v) is 5.13. The molecule has 0 bridgehead atoms. The highest BCUT2D eigenvalue weighted by Gasteiger charge is 2.31. The maximum absolute atomic E-state index is 12.3. The molecule has 0 aliphatic rings. The van der Waals surface area contributed by atoms with E-state index in [0.717, 1.165) is 0 Å².